The van der Waals surface area contributed by atoms with Crippen LogP contribution in [0.5, 0.6) is 0 Å². The summed E-state index contributed by atoms with van der Waals surface area (Å²) < 4.78 is 35.2. The van der Waals surface area contributed by atoms with Gasteiger partial charge in [-0.3, -0.25) is 0 Å². The van der Waals surface area contributed by atoms with E-state index in [1.54, 1.807) is 17.5 Å². The van der Waals surface area contributed by atoms with Crippen molar-refractivity contribution in [3.05, 3.63) is 16.1 Å². The predicted molar refractivity (Wildman–Crippen MR) is 57.5 cm³/mol. The molecule has 0 saturated carbocycles. The van der Waals surface area contributed by atoms with Crippen molar-refractivity contribution < 1.29 is 13.2 Å². The fraction of sp³-hybridized carbons (Fsp3) is 0.667. The van der Waals surface area contributed by atoms with Crippen LogP contribution < -0.4 is 10.6 Å². The molecule has 2 N–H and O–H groups in total. The number of hydrogen-bond donors (Lipinski definition) is 2. The average molecular weight is 253 g/mol. The lowest BCUT2D eigenvalue weighted by atomic mass is 10.5. The molecule has 1 heterocycles. The third-order valence-corrected chi connectivity index (χ3v) is 2.69. The molecule has 0 unspecified atom stereocenters. The van der Waals surface area contributed by atoms with Gasteiger partial charge in [-0.2, -0.15) is 13.2 Å². The number of aromatic nitrogens is 1. The molecule has 0 amide bonds. The monoisotopic (exact) mass is 253 g/mol. The van der Waals surface area contributed by atoms with Gasteiger partial charge in [0, 0.05) is 30.7 Å². The van der Waals surface area contributed by atoms with Gasteiger partial charge in [0.05, 0.1) is 11.6 Å². The topological polar surface area (TPSA) is 37.0 Å². The van der Waals surface area contributed by atoms with Gasteiger partial charge >= 0.3 is 6.18 Å². The zero-order valence-corrected chi connectivity index (χ0v) is 9.71. The van der Waals surface area contributed by atoms with Gasteiger partial charge in [-0.1, -0.05) is 0 Å². The highest BCUT2D eigenvalue weighted by Crippen LogP contribution is 2.12. The molecular weight excluding hydrogens is 239 g/mol. The molecule has 0 bridgehead atoms. The van der Waals surface area contributed by atoms with Gasteiger partial charge in [0.2, 0.25) is 0 Å². The number of nitrogens with zero attached hydrogens (tertiary/aromatic N) is 1. The van der Waals surface area contributed by atoms with Crippen LogP contribution in [0.3, 0.4) is 0 Å². The van der Waals surface area contributed by atoms with E-state index < -0.39 is 12.7 Å². The van der Waals surface area contributed by atoms with Gasteiger partial charge in [-0.25, -0.2) is 4.98 Å². The first kappa shape index (κ1) is 13.4. The quantitative estimate of drug-likeness (QED) is 0.758. The minimum atomic E-state index is -4.13. The van der Waals surface area contributed by atoms with Crippen molar-refractivity contribution in [2.24, 2.45) is 0 Å². The zero-order valence-electron chi connectivity index (χ0n) is 8.90. The number of hydrogen-bond acceptors (Lipinski definition) is 4. The van der Waals surface area contributed by atoms with Crippen molar-refractivity contribution in [3.8, 4) is 0 Å². The first-order valence-electron chi connectivity index (χ1n) is 4.87. The Labute approximate surface area is 96.1 Å². The first-order valence-corrected chi connectivity index (χ1v) is 5.68. The predicted octanol–water partition coefficient (Wildman–Crippen LogP) is 1.69. The largest absolute Gasteiger partial charge is 0.401 e. The molecule has 0 aliphatic carbocycles. The van der Waals surface area contributed by atoms with Crippen LogP contribution in [0.15, 0.2) is 6.20 Å². The molecule has 1 aromatic rings. The Morgan fingerprint density at radius 3 is 2.56 bits per heavy atom. The molecule has 92 valence electrons. The third kappa shape index (κ3) is 6.04. The molecule has 7 heteroatoms. The molecular formula is C9H14F3N3S. The fourth-order valence-electron chi connectivity index (χ4n) is 1.11. The van der Waals surface area contributed by atoms with Crippen molar-refractivity contribution in [1.82, 2.24) is 15.6 Å². The minimum absolute atomic E-state index is 0.303. The maximum atomic E-state index is 11.7. The summed E-state index contributed by atoms with van der Waals surface area (Å²) in [7, 11) is 0. The average Bonchev–Trinajstić information content (AvgIpc) is 2.56. The lowest BCUT2D eigenvalue weighted by molar-refractivity contribution is -0.124. The van der Waals surface area contributed by atoms with Crippen molar-refractivity contribution in [1.29, 1.82) is 0 Å². The molecule has 1 aromatic heterocycles. The summed E-state index contributed by atoms with van der Waals surface area (Å²) in [6.07, 6.45) is -2.36. The van der Waals surface area contributed by atoms with Crippen molar-refractivity contribution >= 4 is 11.3 Å². The summed E-state index contributed by atoms with van der Waals surface area (Å²) in [5, 5.41) is 6.35. The summed E-state index contributed by atoms with van der Waals surface area (Å²) in [6.45, 7) is 2.44. The first-order chi connectivity index (χ1) is 7.47. The molecule has 0 spiro atoms. The van der Waals surface area contributed by atoms with Crippen LogP contribution >= 0.6 is 11.3 Å². The van der Waals surface area contributed by atoms with Gasteiger partial charge in [0.15, 0.2) is 0 Å². The van der Waals surface area contributed by atoms with Crippen LogP contribution in [0.25, 0.3) is 0 Å². The van der Waals surface area contributed by atoms with Gasteiger partial charge < -0.3 is 10.6 Å². The summed E-state index contributed by atoms with van der Waals surface area (Å²) in [4.78, 5) is 5.17. The van der Waals surface area contributed by atoms with Crippen LogP contribution in [0.1, 0.15) is 9.88 Å². The minimum Gasteiger partial charge on any atom is -0.311 e. The molecule has 0 aliphatic heterocycles. The van der Waals surface area contributed by atoms with Gasteiger partial charge in [0.1, 0.15) is 0 Å². The van der Waals surface area contributed by atoms with Crippen molar-refractivity contribution in [2.45, 2.75) is 19.6 Å². The van der Waals surface area contributed by atoms with Crippen LogP contribution in [0, 0.1) is 6.92 Å². The number of alkyl halides is 3. The molecule has 16 heavy (non-hydrogen) atoms. The SMILES string of the molecule is Cc1ncc(CNCCNCC(F)(F)F)s1. The highest BCUT2D eigenvalue weighted by molar-refractivity contribution is 7.11. The van der Waals surface area contributed by atoms with E-state index in [9.17, 15) is 13.2 Å². The van der Waals surface area contributed by atoms with E-state index in [1.165, 1.54) is 0 Å². The second-order valence-electron chi connectivity index (χ2n) is 3.31. The third-order valence-electron chi connectivity index (χ3n) is 1.77. The summed E-state index contributed by atoms with van der Waals surface area (Å²) in [5.41, 5.74) is 0. The normalized spacial score (nSPS) is 12.0. The Morgan fingerprint density at radius 1 is 1.31 bits per heavy atom. The highest BCUT2D eigenvalue weighted by Gasteiger charge is 2.25. The van der Waals surface area contributed by atoms with E-state index in [4.69, 9.17) is 0 Å². The van der Waals surface area contributed by atoms with Crippen LogP contribution in [0.4, 0.5) is 13.2 Å². The van der Waals surface area contributed by atoms with Crippen molar-refractivity contribution in [2.75, 3.05) is 19.6 Å². The second-order valence-corrected chi connectivity index (χ2v) is 4.63. The van der Waals surface area contributed by atoms with Crippen LogP contribution in [0.2, 0.25) is 0 Å². The summed E-state index contributed by atoms with van der Waals surface area (Å²) in [5.74, 6) is 0. The van der Waals surface area contributed by atoms with Gasteiger partial charge in [0.25, 0.3) is 0 Å². The Hall–Kier alpha value is -0.660. The molecule has 0 saturated heterocycles. The molecule has 0 radical (unpaired) electrons. The second kappa shape index (κ2) is 6.17. The van der Waals surface area contributed by atoms with Crippen LogP contribution in [-0.2, 0) is 6.54 Å². The Kier molecular flexibility index (Phi) is 5.17. The number of thiazole rings is 1. The van der Waals surface area contributed by atoms with Crippen LogP contribution in [-0.4, -0.2) is 30.8 Å². The van der Waals surface area contributed by atoms with E-state index in [0.29, 0.717) is 19.6 Å². The Bertz CT molecular complexity index is 311. The number of halogens is 3. The lowest BCUT2D eigenvalue weighted by Gasteiger charge is -2.08. The molecule has 3 nitrogen and oxygen atoms in total. The van der Waals surface area contributed by atoms with Crippen molar-refractivity contribution in [3.63, 3.8) is 0 Å². The van der Waals surface area contributed by atoms with E-state index in [1.807, 2.05) is 6.92 Å². The van der Waals surface area contributed by atoms with Gasteiger partial charge in [-0.05, 0) is 6.92 Å². The lowest BCUT2D eigenvalue weighted by Crippen LogP contribution is -2.33. The maximum absolute atomic E-state index is 11.7. The molecule has 1 rings (SSSR count). The Balaban J connectivity index is 2.00. The number of nitrogens with one attached hydrogen (secondary N) is 2. The van der Waals surface area contributed by atoms with Gasteiger partial charge in [-0.15, -0.1) is 11.3 Å². The van der Waals surface area contributed by atoms with E-state index >= 15 is 0 Å². The maximum Gasteiger partial charge on any atom is 0.401 e. The molecule has 0 fully saturated rings. The highest BCUT2D eigenvalue weighted by atomic mass is 32.1. The van der Waals surface area contributed by atoms with E-state index in [2.05, 4.69) is 15.6 Å². The Morgan fingerprint density at radius 2 is 2.00 bits per heavy atom. The number of rotatable bonds is 6. The molecule has 0 aromatic carbocycles. The standard InChI is InChI=1S/C9H14F3N3S/c1-7-15-5-8(16-7)4-13-2-3-14-6-9(10,11)12/h5,13-14H,2-4,6H2,1H3. The summed E-state index contributed by atoms with van der Waals surface area (Å²) in [6, 6.07) is 0. The molecule has 0 atom stereocenters. The smallest absolute Gasteiger partial charge is 0.311 e. The zero-order chi connectivity index (χ0) is 12.0. The van der Waals surface area contributed by atoms with E-state index in [0.717, 1.165) is 9.88 Å². The summed E-state index contributed by atoms with van der Waals surface area (Å²) >= 11 is 1.58. The van der Waals surface area contributed by atoms with E-state index in [-0.39, 0.29) is 0 Å². The molecule has 0 aliphatic rings. The number of aryl methyl sites for hydroxylation is 1. The fourth-order valence-corrected chi connectivity index (χ4v) is 1.87.